The zero-order chi connectivity index (χ0) is 18.9. The van der Waals surface area contributed by atoms with Crippen LogP contribution in [0.3, 0.4) is 0 Å². The molecular weight excluding hydrogens is 481 g/mol. The number of methoxy groups -OCH3 is 3. The van der Waals surface area contributed by atoms with Crippen LogP contribution in [0.4, 0.5) is 0 Å². The number of nitrogens with one attached hydrogen (secondary N) is 2. The van der Waals surface area contributed by atoms with Crippen LogP contribution in [-0.2, 0) is 13.1 Å². The van der Waals surface area contributed by atoms with Gasteiger partial charge in [-0.2, -0.15) is 0 Å². The van der Waals surface area contributed by atoms with Crippen molar-refractivity contribution in [3.05, 3.63) is 52.5 Å². The van der Waals surface area contributed by atoms with Crippen LogP contribution in [0, 0.1) is 0 Å². The van der Waals surface area contributed by atoms with E-state index in [9.17, 15) is 0 Å². The molecule has 0 bridgehead atoms. The summed E-state index contributed by atoms with van der Waals surface area (Å²) in [6.07, 6.45) is 0. The van der Waals surface area contributed by atoms with Crippen LogP contribution in [0.25, 0.3) is 0 Å². The molecule has 8 heteroatoms. The quantitative estimate of drug-likeness (QED) is 0.340. The van der Waals surface area contributed by atoms with Crippen LogP contribution in [0.5, 0.6) is 17.2 Å². The Kier molecular flexibility index (Phi) is 10.1. The van der Waals surface area contributed by atoms with E-state index in [4.69, 9.17) is 25.8 Å². The Morgan fingerprint density at radius 2 is 1.52 bits per heavy atom. The molecule has 2 N–H and O–H groups in total. The van der Waals surface area contributed by atoms with Crippen LogP contribution >= 0.6 is 35.6 Å². The topological polar surface area (TPSA) is 64.1 Å². The molecule has 0 atom stereocenters. The summed E-state index contributed by atoms with van der Waals surface area (Å²) in [6.45, 7) is 1.17. The number of guanidine groups is 1. The van der Waals surface area contributed by atoms with E-state index in [0.717, 1.165) is 11.1 Å². The second-order valence-electron chi connectivity index (χ2n) is 5.44. The van der Waals surface area contributed by atoms with E-state index in [-0.39, 0.29) is 24.0 Å². The molecule has 0 unspecified atom stereocenters. The van der Waals surface area contributed by atoms with Crippen LogP contribution in [0.1, 0.15) is 11.1 Å². The van der Waals surface area contributed by atoms with Crippen LogP contribution < -0.4 is 24.8 Å². The maximum atomic E-state index is 6.01. The van der Waals surface area contributed by atoms with Gasteiger partial charge in [0.2, 0.25) is 5.75 Å². The summed E-state index contributed by atoms with van der Waals surface area (Å²) in [5.41, 5.74) is 2.05. The number of nitrogens with zero attached hydrogens (tertiary/aromatic N) is 1. The molecule has 0 radical (unpaired) electrons. The lowest BCUT2D eigenvalue weighted by molar-refractivity contribution is 0.323. The Balaban J connectivity index is 0.00000364. The highest BCUT2D eigenvalue weighted by molar-refractivity contribution is 14.0. The second-order valence-corrected chi connectivity index (χ2v) is 5.88. The van der Waals surface area contributed by atoms with Crippen molar-refractivity contribution in [2.45, 2.75) is 13.1 Å². The van der Waals surface area contributed by atoms with E-state index in [2.05, 4.69) is 15.6 Å². The first-order valence-electron chi connectivity index (χ1n) is 8.09. The fourth-order valence-corrected chi connectivity index (χ4v) is 2.69. The smallest absolute Gasteiger partial charge is 0.203 e. The molecule has 0 aromatic heterocycles. The molecule has 27 heavy (non-hydrogen) atoms. The molecule has 2 rings (SSSR count). The summed E-state index contributed by atoms with van der Waals surface area (Å²) in [7, 11) is 6.50. The summed E-state index contributed by atoms with van der Waals surface area (Å²) < 4.78 is 16.1. The van der Waals surface area contributed by atoms with Gasteiger partial charge in [0.05, 0.1) is 21.3 Å². The highest BCUT2D eigenvalue weighted by Gasteiger charge is 2.13. The third kappa shape index (κ3) is 6.66. The third-order valence-corrected chi connectivity index (χ3v) is 3.99. The van der Waals surface area contributed by atoms with Crippen LogP contribution in [-0.4, -0.2) is 34.3 Å². The summed E-state index contributed by atoms with van der Waals surface area (Å²) in [6, 6.07) is 11.5. The highest BCUT2D eigenvalue weighted by Crippen LogP contribution is 2.38. The van der Waals surface area contributed by atoms with Gasteiger partial charge in [-0.1, -0.05) is 23.7 Å². The lowest BCUT2D eigenvalue weighted by Crippen LogP contribution is -2.36. The van der Waals surface area contributed by atoms with E-state index in [1.165, 1.54) is 0 Å². The minimum Gasteiger partial charge on any atom is -0.493 e. The van der Waals surface area contributed by atoms with Crippen molar-refractivity contribution < 1.29 is 14.2 Å². The minimum atomic E-state index is 0. The fourth-order valence-electron chi connectivity index (χ4n) is 2.48. The number of aliphatic imine (C=N–C) groups is 1. The average Bonchev–Trinajstić information content (AvgIpc) is 2.67. The maximum Gasteiger partial charge on any atom is 0.203 e. The van der Waals surface area contributed by atoms with E-state index in [0.29, 0.717) is 41.3 Å². The van der Waals surface area contributed by atoms with Crippen molar-refractivity contribution >= 4 is 41.5 Å². The second kappa shape index (κ2) is 11.8. The molecule has 0 saturated carbocycles. The Labute approximate surface area is 182 Å². The SMILES string of the molecule is CN=C(NCc1cccc(Cl)c1)NCc1cc(OC)c(OC)c(OC)c1.I. The monoisotopic (exact) mass is 505 g/mol. The minimum absolute atomic E-state index is 0. The molecule has 0 amide bonds. The Hall–Kier alpha value is -1.87. The number of halogens is 2. The highest BCUT2D eigenvalue weighted by atomic mass is 127. The predicted octanol–water partition coefficient (Wildman–Crippen LogP) is 3.85. The van der Waals surface area contributed by atoms with Crippen LogP contribution in [0.15, 0.2) is 41.4 Å². The number of benzene rings is 2. The van der Waals surface area contributed by atoms with Gasteiger partial charge in [-0.15, -0.1) is 24.0 Å². The normalized spacial score (nSPS) is 10.6. The molecule has 148 valence electrons. The Morgan fingerprint density at radius 3 is 2.00 bits per heavy atom. The van der Waals surface area contributed by atoms with Crippen molar-refractivity contribution in [1.29, 1.82) is 0 Å². The summed E-state index contributed by atoms with van der Waals surface area (Å²) in [5.74, 6) is 2.48. The van der Waals surface area contributed by atoms with E-state index >= 15 is 0 Å². The first-order valence-corrected chi connectivity index (χ1v) is 8.47. The van der Waals surface area contributed by atoms with Gasteiger partial charge in [0, 0.05) is 25.2 Å². The number of rotatable bonds is 7. The van der Waals surface area contributed by atoms with Gasteiger partial charge < -0.3 is 24.8 Å². The van der Waals surface area contributed by atoms with Crippen molar-refractivity contribution in [3.8, 4) is 17.2 Å². The maximum absolute atomic E-state index is 6.01. The first-order chi connectivity index (χ1) is 12.6. The van der Waals surface area contributed by atoms with Crippen LogP contribution in [0.2, 0.25) is 5.02 Å². The van der Waals surface area contributed by atoms with Crippen molar-refractivity contribution in [3.63, 3.8) is 0 Å². The summed E-state index contributed by atoms with van der Waals surface area (Å²) in [5, 5.41) is 7.23. The van der Waals surface area contributed by atoms with Gasteiger partial charge in [0.15, 0.2) is 17.5 Å². The zero-order valence-corrected chi connectivity index (χ0v) is 18.9. The zero-order valence-electron chi connectivity index (χ0n) is 15.8. The lowest BCUT2D eigenvalue weighted by Gasteiger charge is -2.16. The number of hydrogen-bond acceptors (Lipinski definition) is 4. The van der Waals surface area contributed by atoms with E-state index in [1.54, 1.807) is 28.4 Å². The van der Waals surface area contributed by atoms with Gasteiger partial charge in [-0.25, -0.2) is 0 Å². The van der Waals surface area contributed by atoms with E-state index in [1.807, 2.05) is 36.4 Å². The number of hydrogen-bond donors (Lipinski definition) is 2. The largest absolute Gasteiger partial charge is 0.493 e. The van der Waals surface area contributed by atoms with Gasteiger partial charge >= 0.3 is 0 Å². The Morgan fingerprint density at radius 1 is 0.926 bits per heavy atom. The molecule has 0 fully saturated rings. The molecule has 0 aliphatic rings. The van der Waals surface area contributed by atoms with Gasteiger partial charge in [-0.3, -0.25) is 4.99 Å². The number of ether oxygens (including phenoxy) is 3. The molecule has 0 spiro atoms. The van der Waals surface area contributed by atoms with Gasteiger partial charge in [0.25, 0.3) is 0 Å². The van der Waals surface area contributed by atoms with Gasteiger partial charge in [-0.05, 0) is 35.4 Å². The van der Waals surface area contributed by atoms with E-state index < -0.39 is 0 Å². The van der Waals surface area contributed by atoms with Crippen molar-refractivity contribution in [2.24, 2.45) is 4.99 Å². The lowest BCUT2D eigenvalue weighted by atomic mass is 10.2. The molecule has 0 saturated heterocycles. The average molecular weight is 506 g/mol. The molecule has 6 nitrogen and oxygen atoms in total. The molecular formula is C19H25ClIN3O3. The third-order valence-electron chi connectivity index (χ3n) is 3.76. The van der Waals surface area contributed by atoms with Gasteiger partial charge in [0.1, 0.15) is 0 Å². The van der Waals surface area contributed by atoms with Crippen molar-refractivity contribution in [1.82, 2.24) is 10.6 Å². The Bertz CT molecular complexity index is 747. The predicted molar refractivity (Wildman–Crippen MR) is 120 cm³/mol. The molecule has 0 heterocycles. The summed E-state index contributed by atoms with van der Waals surface area (Å²) in [4.78, 5) is 4.23. The van der Waals surface area contributed by atoms with Crippen molar-refractivity contribution in [2.75, 3.05) is 28.4 Å². The molecule has 0 aliphatic carbocycles. The molecule has 2 aromatic carbocycles. The first kappa shape index (κ1) is 23.2. The summed E-state index contributed by atoms with van der Waals surface area (Å²) >= 11 is 6.01. The standard InChI is InChI=1S/C19H24ClN3O3.HI/c1-21-19(22-11-13-6-5-7-15(20)8-13)23-12-14-9-16(24-2)18(26-4)17(10-14)25-3;/h5-10H,11-12H2,1-4H3,(H2,21,22,23);1H. The fraction of sp³-hybridized carbons (Fsp3) is 0.316. The molecule has 0 aliphatic heterocycles. The molecule has 2 aromatic rings.